The lowest BCUT2D eigenvalue weighted by atomic mass is 10.1. The quantitative estimate of drug-likeness (QED) is 0.785. The standard InChI is InChI=1S/C17H16BrNO4/c1-11-8-14(6-7-15(11)18)19-16(21)10-23-17(22)13-4-2-12(9-20)3-5-13/h2-8,20H,9-10H2,1H3,(H,19,21). The zero-order chi connectivity index (χ0) is 16.8. The van der Waals surface area contributed by atoms with Gasteiger partial charge in [0.25, 0.3) is 5.91 Å². The zero-order valence-corrected chi connectivity index (χ0v) is 14.1. The van der Waals surface area contributed by atoms with Crippen molar-refractivity contribution in [2.75, 3.05) is 11.9 Å². The molecule has 2 rings (SSSR count). The summed E-state index contributed by atoms with van der Waals surface area (Å²) in [6.45, 7) is 1.45. The molecular weight excluding hydrogens is 362 g/mol. The number of aryl methyl sites for hydroxylation is 1. The number of aliphatic hydroxyl groups excluding tert-OH is 1. The van der Waals surface area contributed by atoms with Crippen molar-refractivity contribution >= 4 is 33.5 Å². The van der Waals surface area contributed by atoms with Crippen molar-refractivity contribution in [3.05, 3.63) is 63.6 Å². The second-order valence-corrected chi connectivity index (χ2v) is 5.80. The van der Waals surface area contributed by atoms with Gasteiger partial charge in [-0.1, -0.05) is 28.1 Å². The molecule has 5 nitrogen and oxygen atoms in total. The molecular formula is C17H16BrNO4. The summed E-state index contributed by atoms with van der Waals surface area (Å²) < 4.78 is 5.92. The first kappa shape index (κ1) is 17.2. The predicted molar refractivity (Wildman–Crippen MR) is 90.2 cm³/mol. The highest BCUT2D eigenvalue weighted by Crippen LogP contribution is 2.19. The number of anilines is 1. The molecule has 0 atom stereocenters. The summed E-state index contributed by atoms with van der Waals surface area (Å²) in [6.07, 6.45) is 0. The first-order valence-electron chi connectivity index (χ1n) is 6.92. The molecule has 0 aromatic heterocycles. The molecule has 2 aromatic rings. The Morgan fingerprint density at radius 3 is 2.48 bits per heavy atom. The Morgan fingerprint density at radius 1 is 1.17 bits per heavy atom. The van der Waals surface area contributed by atoms with Crippen LogP contribution in [0.5, 0.6) is 0 Å². The van der Waals surface area contributed by atoms with Gasteiger partial charge in [-0.3, -0.25) is 4.79 Å². The van der Waals surface area contributed by atoms with Gasteiger partial charge in [0.15, 0.2) is 6.61 Å². The second kappa shape index (κ2) is 7.89. The smallest absolute Gasteiger partial charge is 0.338 e. The van der Waals surface area contributed by atoms with E-state index in [4.69, 9.17) is 9.84 Å². The normalized spacial score (nSPS) is 10.2. The van der Waals surface area contributed by atoms with Crippen LogP contribution in [0, 0.1) is 6.92 Å². The molecule has 2 N–H and O–H groups in total. The largest absolute Gasteiger partial charge is 0.452 e. The number of halogens is 1. The molecule has 2 aromatic carbocycles. The Balaban J connectivity index is 1.87. The van der Waals surface area contributed by atoms with Gasteiger partial charge in [-0.15, -0.1) is 0 Å². The van der Waals surface area contributed by atoms with Gasteiger partial charge in [0.2, 0.25) is 0 Å². The van der Waals surface area contributed by atoms with E-state index in [1.165, 1.54) is 0 Å². The fourth-order valence-electron chi connectivity index (χ4n) is 1.88. The van der Waals surface area contributed by atoms with E-state index in [0.717, 1.165) is 10.0 Å². The monoisotopic (exact) mass is 377 g/mol. The predicted octanol–water partition coefficient (Wildman–Crippen LogP) is 3.05. The maximum atomic E-state index is 11.8. The molecule has 0 saturated heterocycles. The summed E-state index contributed by atoms with van der Waals surface area (Å²) in [6, 6.07) is 11.7. The van der Waals surface area contributed by atoms with Gasteiger partial charge in [-0.25, -0.2) is 4.79 Å². The lowest BCUT2D eigenvalue weighted by Gasteiger charge is -2.08. The van der Waals surface area contributed by atoms with Crippen LogP contribution >= 0.6 is 15.9 Å². The highest BCUT2D eigenvalue weighted by molar-refractivity contribution is 9.10. The number of amides is 1. The number of esters is 1. The molecule has 6 heteroatoms. The first-order chi connectivity index (χ1) is 11.0. The second-order valence-electron chi connectivity index (χ2n) is 4.94. The summed E-state index contributed by atoms with van der Waals surface area (Å²) in [7, 11) is 0. The van der Waals surface area contributed by atoms with Crippen LogP contribution in [0.2, 0.25) is 0 Å². The van der Waals surface area contributed by atoms with E-state index in [9.17, 15) is 9.59 Å². The van der Waals surface area contributed by atoms with Gasteiger partial charge < -0.3 is 15.2 Å². The lowest BCUT2D eigenvalue weighted by Crippen LogP contribution is -2.21. The topological polar surface area (TPSA) is 75.6 Å². The average Bonchev–Trinajstić information content (AvgIpc) is 2.56. The highest BCUT2D eigenvalue weighted by Gasteiger charge is 2.10. The van der Waals surface area contributed by atoms with Gasteiger partial charge in [0.1, 0.15) is 0 Å². The van der Waals surface area contributed by atoms with Crippen LogP contribution in [0.15, 0.2) is 46.9 Å². The number of carbonyl (C=O) groups excluding carboxylic acids is 2. The minimum absolute atomic E-state index is 0.0929. The molecule has 0 fully saturated rings. The number of carbonyl (C=O) groups is 2. The van der Waals surface area contributed by atoms with Crippen molar-refractivity contribution < 1.29 is 19.4 Å². The number of ether oxygens (including phenoxy) is 1. The SMILES string of the molecule is Cc1cc(NC(=O)COC(=O)c2ccc(CO)cc2)ccc1Br. The molecule has 0 aliphatic carbocycles. The molecule has 0 unspecified atom stereocenters. The first-order valence-corrected chi connectivity index (χ1v) is 7.72. The van der Waals surface area contributed by atoms with Crippen LogP contribution in [0.4, 0.5) is 5.69 Å². The lowest BCUT2D eigenvalue weighted by molar-refractivity contribution is -0.119. The number of rotatable bonds is 5. The van der Waals surface area contributed by atoms with Crippen molar-refractivity contribution in [2.45, 2.75) is 13.5 Å². The molecule has 0 aliphatic heterocycles. The van der Waals surface area contributed by atoms with Gasteiger partial charge in [-0.2, -0.15) is 0 Å². The van der Waals surface area contributed by atoms with Gasteiger partial charge in [-0.05, 0) is 48.4 Å². The Kier molecular flexibility index (Phi) is 5.90. The molecule has 1 amide bonds. The van der Waals surface area contributed by atoms with E-state index >= 15 is 0 Å². The Morgan fingerprint density at radius 2 is 1.87 bits per heavy atom. The van der Waals surface area contributed by atoms with Gasteiger partial charge >= 0.3 is 5.97 Å². The Bertz CT molecular complexity index is 713. The number of hydrogen-bond acceptors (Lipinski definition) is 4. The summed E-state index contributed by atoms with van der Waals surface area (Å²) in [5, 5.41) is 11.6. The summed E-state index contributed by atoms with van der Waals surface area (Å²) in [5.41, 5.74) is 2.65. The minimum Gasteiger partial charge on any atom is -0.452 e. The number of benzene rings is 2. The van der Waals surface area contributed by atoms with Crippen LogP contribution in [0.3, 0.4) is 0 Å². The van der Waals surface area contributed by atoms with Crippen LogP contribution < -0.4 is 5.32 Å². The Hall–Kier alpha value is -2.18. The molecule has 0 spiro atoms. The van der Waals surface area contributed by atoms with E-state index in [-0.39, 0.29) is 13.2 Å². The zero-order valence-electron chi connectivity index (χ0n) is 12.5. The maximum absolute atomic E-state index is 11.8. The van der Waals surface area contributed by atoms with Crippen molar-refractivity contribution in [1.82, 2.24) is 0 Å². The molecule has 120 valence electrons. The van der Waals surface area contributed by atoms with Crippen molar-refractivity contribution in [1.29, 1.82) is 0 Å². The fraction of sp³-hybridized carbons (Fsp3) is 0.176. The average molecular weight is 378 g/mol. The van der Waals surface area contributed by atoms with Crippen LogP contribution in [-0.4, -0.2) is 23.6 Å². The molecule has 0 heterocycles. The fourth-order valence-corrected chi connectivity index (χ4v) is 2.13. The van der Waals surface area contributed by atoms with Crippen molar-refractivity contribution in [3.8, 4) is 0 Å². The van der Waals surface area contributed by atoms with Crippen LogP contribution in [0.25, 0.3) is 0 Å². The van der Waals surface area contributed by atoms with E-state index in [1.807, 2.05) is 19.1 Å². The van der Waals surface area contributed by atoms with E-state index in [1.54, 1.807) is 30.3 Å². The van der Waals surface area contributed by atoms with Gasteiger partial charge in [0, 0.05) is 10.2 Å². The number of nitrogens with one attached hydrogen (secondary N) is 1. The maximum Gasteiger partial charge on any atom is 0.338 e. The summed E-state index contributed by atoms with van der Waals surface area (Å²) >= 11 is 3.38. The molecule has 0 aliphatic rings. The van der Waals surface area contributed by atoms with Gasteiger partial charge in [0.05, 0.1) is 12.2 Å². The van der Waals surface area contributed by atoms with Crippen molar-refractivity contribution in [3.63, 3.8) is 0 Å². The van der Waals surface area contributed by atoms with Crippen molar-refractivity contribution in [2.24, 2.45) is 0 Å². The molecule has 0 saturated carbocycles. The number of hydrogen-bond donors (Lipinski definition) is 2. The van der Waals surface area contributed by atoms with E-state index in [2.05, 4.69) is 21.2 Å². The van der Waals surface area contributed by atoms with E-state index < -0.39 is 11.9 Å². The third-order valence-corrected chi connectivity index (χ3v) is 4.04. The summed E-state index contributed by atoms with van der Waals surface area (Å²) in [5.74, 6) is -0.997. The third kappa shape index (κ3) is 4.91. The molecule has 0 bridgehead atoms. The summed E-state index contributed by atoms with van der Waals surface area (Å²) in [4.78, 5) is 23.6. The minimum atomic E-state index is -0.586. The molecule has 0 radical (unpaired) electrons. The van der Waals surface area contributed by atoms with Crippen LogP contribution in [0.1, 0.15) is 21.5 Å². The Labute approximate surface area is 142 Å². The number of aliphatic hydroxyl groups is 1. The van der Waals surface area contributed by atoms with Crippen LogP contribution in [-0.2, 0) is 16.1 Å². The molecule has 23 heavy (non-hydrogen) atoms. The van der Waals surface area contributed by atoms with E-state index in [0.29, 0.717) is 16.8 Å². The highest BCUT2D eigenvalue weighted by atomic mass is 79.9. The third-order valence-electron chi connectivity index (χ3n) is 3.15.